The van der Waals surface area contributed by atoms with Gasteiger partial charge in [0, 0.05) is 23.7 Å². The first-order valence-corrected chi connectivity index (χ1v) is 10.5. The highest BCUT2D eigenvalue weighted by atomic mass is 35.5. The van der Waals surface area contributed by atoms with Crippen molar-refractivity contribution in [3.63, 3.8) is 0 Å². The molecule has 3 aromatic rings. The summed E-state index contributed by atoms with van der Waals surface area (Å²) in [6.45, 7) is 4.03. The lowest BCUT2D eigenvalue weighted by molar-refractivity contribution is -0.143. The molecule has 1 atom stereocenters. The molecule has 3 rings (SSSR count). The molecule has 1 aromatic carbocycles. The van der Waals surface area contributed by atoms with Crippen LogP contribution in [0, 0.1) is 5.82 Å². The van der Waals surface area contributed by atoms with E-state index in [2.05, 4.69) is 9.84 Å². The first-order valence-electron chi connectivity index (χ1n) is 10.1. The molecule has 0 spiro atoms. The predicted molar refractivity (Wildman–Crippen MR) is 121 cm³/mol. The van der Waals surface area contributed by atoms with E-state index >= 15 is 0 Å². The van der Waals surface area contributed by atoms with Gasteiger partial charge in [-0.25, -0.2) is 8.91 Å². The van der Waals surface area contributed by atoms with E-state index in [-0.39, 0.29) is 18.2 Å². The number of ether oxygens (including phenoxy) is 1. The Morgan fingerprint density at radius 2 is 1.94 bits per heavy atom. The Labute approximate surface area is 190 Å². The van der Waals surface area contributed by atoms with Crippen molar-refractivity contribution in [2.24, 2.45) is 0 Å². The van der Waals surface area contributed by atoms with E-state index in [9.17, 15) is 19.1 Å². The summed E-state index contributed by atoms with van der Waals surface area (Å²) in [6.07, 6.45) is 3.21. The molecule has 0 aliphatic rings. The minimum atomic E-state index is -1.10. The summed E-state index contributed by atoms with van der Waals surface area (Å²) in [7, 11) is 1.20. The van der Waals surface area contributed by atoms with Gasteiger partial charge in [-0.1, -0.05) is 37.6 Å². The Morgan fingerprint density at radius 1 is 1.25 bits per heavy atom. The van der Waals surface area contributed by atoms with Crippen LogP contribution in [0.15, 0.2) is 42.6 Å². The van der Waals surface area contributed by atoms with Crippen LogP contribution in [0.2, 0.25) is 5.02 Å². The van der Waals surface area contributed by atoms with Gasteiger partial charge in [0.15, 0.2) is 0 Å². The van der Waals surface area contributed by atoms with Crippen LogP contribution < -0.4 is 0 Å². The van der Waals surface area contributed by atoms with E-state index in [0.29, 0.717) is 21.8 Å². The van der Waals surface area contributed by atoms with Crippen LogP contribution >= 0.6 is 11.6 Å². The lowest BCUT2D eigenvalue weighted by atomic mass is 9.93. The molecular weight excluding hydrogens is 435 g/mol. The number of nitrogens with zero attached hydrogens (tertiary/aromatic N) is 2. The van der Waals surface area contributed by atoms with Crippen molar-refractivity contribution in [3.8, 4) is 11.3 Å². The third-order valence-corrected chi connectivity index (χ3v) is 5.32. The van der Waals surface area contributed by atoms with Gasteiger partial charge in [-0.05, 0) is 41.8 Å². The van der Waals surface area contributed by atoms with Crippen molar-refractivity contribution >= 4 is 34.9 Å². The molecule has 8 heteroatoms. The Balaban J connectivity index is 2.07. The smallest absolute Gasteiger partial charge is 0.313 e. The van der Waals surface area contributed by atoms with Crippen molar-refractivity contribution in [2.75, 3.05) is 7.11 Å². The fraction of sp³-hybridized carbons (Fsp3) is 0.292. The number of methoxy groups -OCH3 is 1. The van der Waals surface area contributed by atoms with Crippen molar-refractivity contribution in [2.45, 2.75) is 38.7 Å². The molecule has 1 N–H and O–H groups in total. The normalized spacial score (nSPS) is 12.6. The number of hydrogen-bond acceptors (Lipinski definition) is 5. The number of halogens is 2. The Bertz CT molecular complexity index is 1170. The molecule has 168 valence electrons. The van der Waals surface area contributed by atoms with Crippen LogP contribution in [0.3, 0.4) is 0 Å². The molecule has 0 aliphatic heterocycles. The number of esters is 1. The first kappa shape index (κ1) is 23.6. The molecule has 2 heterocycles. The van der Waals surface area contributed by atoms with Gasteiger partial charge in [-0.15, -0.1) is 0 Å². The summed E-state index contributed by atoms with van der Waals surface area (Å²) in [6, 6.07) is 7.72. The van der Waals surface area contributed by atoms with E-state index in [1.54, 1.807) is 35.0 Å². The van der Waals surface area contributed by atoms with Gasteiger partial charge in [0.2, 0.25) is 0 Å². The molecule has 0 fully saturated rings. The molecule has 0 bridgehead atoms. The van der Waals surface area contributed by atoms with E-state index in [1.165, 1.54) is 25.3 Å². The summed E-state index contributed by atoms with van der Waals surface area (Å²) >= 11 is 6.43. The number of benzene rings is 1. The minimum absolute atomic E-state index is 0.0462. The molecule has 2 aromatic heterocycles. The third kappa shape index (κ3) is 5.23. The fourth-order valence-electron chi connectivity index (χ4n) is 3.54. The van der Waals surface area contributed by atoms with Gasteiger partial charge in [0.1, 0.15) is 18.0 Å². The van der Waals surface area contributed by atoms with Crippen LogP contribution in [0.1, 0.15) is 43.7 Å². The summed E-state index contributed by atoms with van der Waals surface area (Å²) in [5, 5.41) is 15.6. The van der Waals surface area contributed by atoms with Crippen LogP contribution in [0.5, 0.6) is 0 Å². The first-order chi connectivity index (χ1) is 15.2. The van der Waals surface area contributed by atoms with Crippen molar-refractivity contribution in [3.05, 3.63) is 64.6 Å². The Kier molecular flexibility index (Phi) is 7.43. The number of carbonyl (C=O) groups is 2. The van der Waals surface area contributed by atoms with E-state index in [4.69, 9.17) is 11.6 Å². The van der Waals surface area contributed by atoms with Gasteiger partial charge < -0.3 is 9.84 Å². The van der Waals surface area contributed by atoms with Crippen molar-refractivity contribution in [1.82, 2.24) is 9.61 Å². The van der Waals surface area contributed by atoms with Crippen molar-refractivity contribution < 1.29 is 23.8 Å². The van der Waals surface area contributed by atoms with E-state index in [1.807, 2.05) is 13.8 Å². The Hall–Kier alpha value is -3.03. The predicted octanol–water partition coefficient (Wildman–Crippen LogP) is 4.81. The average Bonchev–Trinajstić information content (AvgIpc) is 3.11. The highest BCUT2D eigenvalue weighted by Gasteiger charge is 2.20. The number of fused-ring (bicyclic) bond motifs is 1. The second-order valence-electron chi connectivity index (χ2n) is 7.72. The molecular formula is C24H24ClFN2O4. The lowest BCUT2D eigenvalue weighted by Crippen LogP contribution is -2.15. The van der Waals surface area contributed by atoms with Gasteiger partial charge in [-0.2, -0.15) is 5.10 Å². The Morgan fingerprint density at radius 3 is 2.56 bits per heavy atom. The quantitative estimate of drug-likeness (QED) is 0.387. The van der Waals surface area contributed by atoms with Gasteiger partial charge in [0.05, 0.1) is 29.4 Å². The highest BCUT2D eigenvalue weighted by molar-refractivity contribution is 6.34. The average molecular weight is 459 g/mol. The monoisotopic (exact) mass is 458 g/mol. The number of rotatable bonds is 8. The maximum atomic E-state index is 13.5. The van der Waals surface area contributed by atoms with E-state index in [0.717, 1.165) is 11.1 Å². The SMILES string of the molecule is COC(=O)CC(=O)CC(O)/C=C/c1c(-c2ccc(F)cc2)nn2ccc(Cl)c2c1C(C)C. The topological polar surface area (TPSA) is 80.9 Å². The summed E-state index contributed by atoms with van der Waals surface area (Å²) < 4.78 is 19.7. The third-order valence-electron chi connectivity index (χ3n) is 5.01. The maximum absolute atomic E-state index is 13.5. The number of aromatic nitrogens is 2. The standard InChI is InChI=1S/C24H24ClFN2O4/c1-14(2)22-19(9-8-17(29)12-18(30)13-21(31)32-3)23(15-4-6-16(26)7-5-15)27-28-11-10-20(25)24(22)28/h4-11,14,17,29H,12-13H2,1-3H3/b9-8+. The highest BCUT2D eigenvalue weighted by Crippen LogP contribution is 2.36. The number of aliphatic hydroxyl groups excluding tert-OH is 1. The zero-order valence-electron chi connectivity index (χ0n) is 18.0. The van der Waals surface area contributed by atoms with Crippen molar-refractivity contribution in [1.29, 1.82) is 0 Å². The molecule has 1 unspecified atom stereocenters. The second kappa shape index (κ2) is 10.1. The minimum Gasteiger partial charge on any atom is -0.469 e. The number of hydrogen-bond donors (Lipinski definition) is 1. The zero-order valence-corrected chi connectivity index (χ0v) is 18.8. The van der Waals surface area contributed by atoms with Crippen LogP contribution in [0.25, 0.3) is 22.9 Å². The van der Waals surface area contributed by atoms with Gasteiger partial charge in [-0.3, -0.25) is 9.59 Å². The van der Waals surface area contributed by atoms with Gasteiger partial charge >= 0.3 is 5.97 Å². The molecule has 0 radical (unpaired) electrons. The molecule has 6 nitrogen and oxygen atoms in total. The van der Waals surface area contributed by atoms with Gasteiger partial charge in [0.25, 0.3) is 0 Å². The molecule has 0 amide bonds. The number of ketones is 1. The molecule has 0 aliphatic carbocycles. The zero-order chi connectivity index (χ0) is 23.4. The van der Waals surface area contributed by atoms with Crippen LogP contribution in [-0.4, -0.2) is 39.7 Å². The van der Waals surface area contributed by atoms with Crippen LogP contribution in [-0.2, 0) is 14.3 Å². The molecule has 0 saturated carbocycles. The lowest BCUT2D eigenvalue weighted by Gasteiger charge is -2.17. The number of aliphatic hydroxyl groups is 1. The number of Topliss-reactive ketones (excluding diaryl/α,β-unsaturated/α-hetero) is 1. The maximum Gasteiger partial charge on any atom is 0.313 e. The summed E-state index contributed by atoms with van der Waals surface area (Å²) in [5.41, 5.74) is 3.62. The summed E-state index contributed by atoms with van der Waals surface area (Å²) in [5.74, 6) is -1.39. The largest absolute Gasteiger partial charge is 0.469 e. The van der Waals surface area contributed by atoms with E-state index < -0.39 is 24.3 Å². The molecule has 32 heavy (non-hydrogen) atoms. The summed E-state index contributed by atoms with van der Waals surface area (Å²) in [4.78, 5) is 23.2. The second-order valence-corrected chi connectivity index (χ2v) is 8.12. The molecule has 0 saturated heterocycles. The fourth-order valence-corrected chi connectivity index (χ4v) is 3.78. The van der Waals surface area contributed by atoms with Crippen LogP contribution in [0.4, 0.5) is 4.39 Å². The number of carbonyl (C=O) groups excluding carboxylic acids is 2.